The van der Waals surface area contributed by atoms with Crippen molar-refractivity contribution in [3.8, 4) is 0 Å². The minimum Gasteiger partial charge on any atom is -0.388 e. The molecule has 1 N–H and O–H groups in total. The first kappa shape index (κ1) is 14.9. The molecule has 0 aliphatic rings. The highest BCUT2D eigenvalue weighted by atomic mass is 32.1. The average molecular weight is 313 g/mol. The lowest BCUT2D eigenvalue weighted by Gasteiger charge is -2.21. The van der Waals surface area contributed by atoms with Crippen molar-refractivity contribution in [1.82, 2.24) is 9.97 Å². The summed E-state index contributed by atoms with van der Waals surface area (Å²) in [5, 5.41) is 13.4. The standard InChI is InChI=1S/C17H19N3OS/c1-12-18-16(14-9-11-22-17(14)19-12)20(2)10-8-15(21)13-6-4-3-5-7-13/h3-7,9,11,15,21H,8,10H2,1-2H3/t15-/m0/s1. The lowest BCUT2D eigenvalue weighted by atomic mass is 10.1. The van der Waals surface area contributed by atoms with E-state index in [0.29, 0.717) is 6.42 Å². The highest BCUT2D eigenvalue weighted by molar-refractivity contribution is 7.16. The molecule has 0 unspecified atom stereocenters. The molecule has 0 bridgehead atoms. The van der Waals surface area contributed by atoms with E-state index >= 15 is 0 Å². The third-order valence-electron chi connectivity index (χ3n) is 3.70. The van der Waals surface area contributed by atoms with E-state index < -0.39 is 6.10 Å². The smallest absolute Gasteiger partial charge is 0.140 e. The van der Waals surface area contributed by atoms with Crippen molar-refractivity contribution in [2.75, 3.05) is 18.5 Å². The topological polar surface area (TPSA) is 49.2 Å². The van der Waals surface area contributed by atoms with E-state index in [1.807, 2.05) is 49.7 Å². The first-order valence-corrected chi connectivity index (χ1v) is 8.19. The van der Waals surface area contributed by atoms with Crippen molar-refractivity contribution in [3.63, 3.8) is 0 Å². The Morgan fingerprint density at radius 1 is 1.18 bits per heavy atom. The average Bonchev–Trinajstić information content (AvgIpc) is 3.00. The van der Waals surface area contributed by atoms with Crippen molar-refractivity contribution in [1.29, 1.82) is 0 Å². The summed E-state index contributed by atoms with van der Waals surface area (Å²) in [5.74, 6) is 1.71. The van der Waals surface area contributed by atoms with Crippen molar-refractivity contribution >= 4 is 27.4 Å². The molecule has 5 heteroatoms. The summed E-state index contributed by atoms with van der Waals surface area (Å²) < 4.78 is 0. The Balaban J connectivity index is 1.74. The summed E-state index contributed by atoms with van der Waals surface area (Å²) in [5.41, 5.74) is 0.954. The number of aromatic nitrogens is 2. The van der Waals surface area contributed by atoms with Gasteiger partial charge in [-0.25, -0.2) is 9.97 Å². The monoisotopic (exact) mass is 313 g/mol. The molecule has 2 heterocycles. The number of rotatable bonds is 5. The van der Waals surface area contributed by atoms with Gasteiger partial charge in [0, 0.05) is 13.6 Å². The van der Waals surface area contributed by atoms with Crippen LogP contribution in [0.15, 0.2) is 41.8 Å². The molecule has 4 nitrogen and oxygen atoms in total. The number of thiophene rings is 1. The van der Waals surface area contributed by atoms with Crippen molar-refractivity contribution in [2.24, 2.45) is 0 Å². The second-order valence-corrected chi connectivity index (χ2v) is 6.27. The van der Waals surface area contributed by atoms with Gasteiger partial charge >= 0.3 is 0 Å². The second-order valence-electron chi connectivity index (χ2n) is 5.37. The van der Waals surface area contributed by atoms with Gasteiger partial charge in [0.2, 0.25) is 0 Å². The number of benzene rings is 1. The lowest BCUT2D eigenvalue weighted by Crippen LogP contribution is -2.22. The highest BCUT2D eigenvalue weighted by Crippen LogP contribution is 2.27. The molecule has 0 aliphatic carbocycles. The molecule has 1 aromatic carbocycles. The summed E-state index contributed by atoms with van der Waals surface area (Å²) >= 11 is 1.63. The fourth-order valence-electron chi connectivity index (χ4n) is 2.50. The number of hydrogen-bond donors (Lipinski definition) is 1. The van der Waals surface area contributed by atoms with Gasteiger partial charge in [0.15, 0.2) is 0 Å². The zero-order chi connectivity index (χ0) is 15.5. The minimum atomic E-state index is -0.454. The number of fused-ring (bicyclic) bond motifs is 1. The predicted molar refractivity (Wildman–Crippen MR) is 91.4 cm³/mol. The molecule has 0 spiro atoms. The van der Waals surface area contributed by atoms with Crippen LogP contribution in [0.3, 0.4) is 0 Å². The molecule has 3 aromatic rings. The number of aliphatic hydroxyl groups excluding tert-OH is 1. The summed E-state index contributed by atoms with van der Waals surface area (Å²) in [4.78, 5) is 12.1. The van der Waals surface area contributed by atoms with Crippen LogP contribution in [0.1, 0.15) is 23.9 Å². The highest BCUT2D eigenvalue weighted by Gasteiger charge is 2.13. The molecule has 0 radical (unpaired) electrons. The zero-order valence-electron chi connectivity index (χ0n) is 12.7. The number of aryl methyl sites for hydroxylation is 1. The van der Waals surface area contributed by atoms with E-state index in [1.165, 1.54) is 0 Å². The van der Waals surface area contributed by atoms with Crippen LogP contribution in [-0.2, 0) is 0 Å². The van der Waals surface area contributed by atoms with Crippen LogP contribution in [0.25, 0.3) is 10.2 Å². The van der Waals surface area contributed by atoms with Gasteiger partial charge in [-0.1, -0.05) is 30.3 Å². The maximum Gasteiger partial charge on any atom is 0.140 e. The van der Waals surface area contributed by atoms with Crippen molar-refractivity contribution in [2.45, 2.75) is 19.4 Å². The van der Waals surface area contributed by atoms with Crippen LogP contribution >= 0.6 is 11.3 Å². The summed E-state index contributed by atoms with van der Waals surface area (Å²) in [7, 11) is 2.01. The summed E-state index contributed by atoms with van der Waals surface area (Å²) in [6.45, 7) is 2.65. The van der Waals surface area contributed by atoms with E-state index in [2.05, 4.69) is 20.9 Å². The molecule has 22 heavy (non-hydrogen) atoms. The SMILES string of the molecule is Cc1nc(N(C)CC[C@H](O)c2ccccc2)c2ccsc2n1. The zero-order valence-corrected chi connectivity index (χ0v) is 13.5. The quantitative estimate of drug-likeness (QED) is 0.782. The third-order valence-corrected chi connectivity index (χ3v) is 4.51. The lowest BCUT2D eigenvalue weighted by molar-refractivity contribution is 0.170. The number of nitrogens with zero attached hydrogens (tertiary/aromatic N) is 3. The molecular weight excluding hydrogens is 294 g/mol. The summed E-state index contributed by atoms with van der Waals surface area (Å²) in [6.07, 6.45) is 0.208. The van der Waals surface area contributed by atoms with Crippen LogP contribution in [0.4, 0.5) is 5.82 Å². The first-order chi connectivity index (χ1) is 10.6. The van der Waals surface area contributed by atoms with Gasteiger partial charge in [0.25, 0.3) is 0 Å². The molecule has 0 saturated heterocycles. The van der Waals surface area contributed by atoms with E-state index in [-0.39, 0.29) is 0 Å². The largest absolute Gasteiger partial charge is 0.388 e. The second kappa shape index (κ2) is 6.42. The Bertz CT molecular complexity index is 757. The van der Waals surface area contributed by atoms with Gasteiger partial charge < -0.3 is 10.0 Å². The predicted octanol–water partition coefficient (Wildman–Crippen LogP) is 3.56. The Labute approximate surface area is 134 Å². The number of aliphatic hydroxyl groups is 1. The van der Waals surface area contributed by atoms with E-state index in [0.717, 1.165) is 34.0 Å². The van der Waals surface area contributed by atoms with Gasteiger partial charge in [-0.2, -0.15) is 0 Å². The number of hydrogen-bond acceptors (Lipinski definition) is 5. The van der Waals surface area contributed by atoms with Gasteiger partial charge in [-0.15, -0.1) is 11.3 Å². The molecule has 1 atom stereocenters. The number of anilines is 1. The Morgan fingerprint density at radius 2 is 1.95 bits per heavy atom. The molecule has 114 valence electrons. The van der Waals surface area contributed by atoms with Crippen molar-refractivity contribution < 1.29 is 5.11 Å². The minimum absolute atomic E-state index is 0.454. The van der Waals surface area contributed by atoms with Crippen LogP contribution in [-0.4, -0.2) is 28.7 Å². The molecule has 0 amide bonds. The van der Waals surface area contributed by atoms with Gasteiger partial charge in [-0.05, 0) is 30.4 Å². The first-order valence-electron chi connectivity index (χ1n) is 7.31. The molecule has 0 aliphatic heterocycles. The van der Waals surface area contributed by atoms with Gasteiger partial charge in [0.05, 0.1) is 11.5 Å². The Morgan fingerprint density at radius 3 is 2.73 bits per heavy atom. The van der Waals surface area contributed by atoms with Crippen LogP contribution in [0.5, 0.6) is 0 Å². The van der Waals surface area contributed by atoms with Crippen molar-refractivity contribution in [3.05, 3.63) is 53.2 Å². The third kappa shape index (κ3) is 3.10. The molecule has 0 saturated carbocycles. The molecule has 0 fully saturated rings. The maximum atomic E-state index is 10.3. The summed E-state index contributed by atoms with van der Waals surface area (Å²) in [6, 6.07) is 11.8. The fraction of sp³-hybridized carbons (Fsp3) is 0.294. The maximum absolute atomic E-state index is 10.3. The Hall–Kier alpha value is -1.98. The fourth-order valence-corrected chi connectivity index (χ4v) is 3.30. The van der Waals surface area contributed by atoms with Crippen LogP contribution in [0, 0.1) is 6.92 Å². The van der Waals surface area contributed by atoms with Crippen LogP contribution < -0.4 is 4.90 Å². The van der Waals surface area contributed by atoms with Gasteiger partial charge in [0.1, 0.15) is 16.5 Å². The van der Waals surface area contributed by atoms with E-state index in [1.54, 1.807) is 11.3 Å². The normalized spacial score (nSPS) is 12.5. The molecular formula is C17H19N3OS. The Kier molecular flexibility index (Phi) is 4.36. The van der Waals surface area contributed by atoms with Gasteiger partial charge in [-0.3, -0.25) is 0 Å². The molecule has 3 rings (SSSR count). The van der Waals surface area contributed by atoms with E-state index in [4.69, 9.17) is 0 Å². The van der Waals surface area contributed by atoms with E-state index in [9.17, 15) is 5.11 Å². The molecule has 2 aromatic heterocycles. The van der Waals surface area contributed by atoms with Crippen LogP contribution in [0.2, 0.25) is 0 Å².